The van der Waals surface area contributed by atoms with Gasteiger partial charge >= 0.3 is 12.4 Å². The summed E-state index contributed by atoms with van der Waals surface area (Å²) < 4.78 is 82.9. The van der Waals surface area contributed by atoms with Gasteiger partial charge in [-0.1, -0.05) is 48.5 Å². The number of fused-ring (bicyclic) bond motifs is 1. The molecular weight excluding hydrogens is 572 g/mol. The first-order chi connectivity index (χ1) is 20.1. The number of hydrogen-bond acceptors (Lipinski definition) is 2. The fourth-order valence-corrected chi connectivity index (χ4v) is 5.16. The van der Waals surface area contributed by atoms with E-state index in [1.165, 1.54) is 7.05 Å². The average Bonchev–Trinajstić information content (AvgIpc) is 3.28. The molecule has 5 nitrogen and oxygen atoms in total. The minimum absolute atomic E-state index is 0.0113. The van der Waals surface area contributed by atoms with Crippen LogP contribution in [0.5, 0.6) is 0 Å². The molecule has 0 aliphatic heterocycles. The number of nitrogens with one attached hydrogen (secondary N) is 1. The van der Waals surface area contributed by atoms with Crippen molar-refractivity contribution in [2.24, 2.45) is 7.05 Å². The summed E-state index contributed by atoms with van der Waals surface area (Å²) in [5.41, 5.74) is -1.26. The number of carbonyl (C=O) groups is 2. The third kappa shape index (κ3) is 7.57. The zero-order chi connectivity index (χ0) is 31.5. The number of amides is 2. The molecule has 1 N–H and O–H groups in total. The highest BCUT2D eigenvalue weighted by molar-refractivity contribution is 5.95. The van der Waals surface area contributed by atoms with E-state index in [-0.39, 0.29) is 37.3 Å². The van der Waals surface area contributed by atoms with Crippen molar-refractivity contribution in [3.8, 4) is 0 Å². The summed E-state index contributed by atoms with van der Waals surface area (Å²) in [5.74, 6) is -1.32. The van der Waals surface area contributed by atoms with Crippen molar-refractivity contribution in [3.05, 3.63) is 107 Å². The zero-order valence-electron chi connectivity index (χ0n) is 23.8. The number of aromatic nitrogens is 1. The Kier molecular flexibility index (Phi) is 9.22. The van der Waals surface area contributed by atoms with Gasteiger partial charge in [-0.3, -0.25) is 9.59 Å². The fourth-order valence-electron chi connectivity index (χ4n) is 5.16. The monoisotopic (exact) mass is 603 g/mol. The van der Waals surface area contributed by atoms with E-state index < -0.39 is 41.0 Å². The molecule has 0 saturated carbocycles. The second-order valence-corrected chi connectivity index (χ2v) is 10.6. The molecule has 3 aromatic carbocycles. The van der Waals surface area contributed by atoms with Crippen molar-refractivity contribution in [1.29, 1.82) is 0 Å². The molecule has 228 valence electrons. The number of benzene rings is 3. The van der Waals surface area contributed by atoms with Crippen molar-refractivity contribution in [3.63, 3.8) is 0 Å². The molecule has 11 heteroatoms. The first-order valence-corrected chi connectivity index (χ1v) is 13.6. The molecule has 0 fully saturated rings. The molecule has 0 saturated heterocycles. The van der Waals surface area contributed by atoms with Crippen molar-refractivity contribution < 1.29 is 35.9 Å². The number of halogens is 6. The molecule has 1 heterocycles. The lowest BCUT2D eigenvalue weighted by Gasteiger charge is -2.29. The molecule has 2 atom stereocenters. The number of alkyl halides is 6. The Balaban J connectivity index is 1.63. The van der Waals surface area contributed by atoms with Gasteiger partial charge in [0.1, 0.15) is 0 Å². The van der Waals surface area contributed by atoms with Crippen molar-refractivity contribution in [2.45, 2.75) is 50.6 Å². The maximum absolute atomic E-state index is 13.5. The molecule has 4 rings (SSSR count). The van der Waals surface area contributed by atoms with Gasteiger partial charge in [-0.05, 0) is 55.2 Å². The second kappa shape index (κ2) is 12.5. The van der Waals surface area contributed by atoms with Crippen LogP contribution in [0, 0.1) is 0 Å². The zero-order valence-corrected chi connectivity index (χ0v) is 23.8. The van der Waals surface area contributed by atoms with Gasteiger partial charge in [0, 0.05) is 49.2 Å². The number of para-hydroxylation sites is 1. The highest BCUT2D eigenvalue weighted by Gasteiger charge is 2.38. The van der Waals surface area contributed by atoms with Gasteiger partial charge < -0.3 is 14.8 Å². The molecule has 2 amide bonds. The Morgan fingerprint density at radius 2 is 1.47 bits per heavy atom. The van der Waals surface area contributed by atoms with E-state index in [2.05, 4.69) is 5.32 Å². The summed E-state index contributed by atoms with van der Waals surface area (Å²) in [6.07, 6.45) is -8.02. The van der Waals surface area contributed by atoms with Crippen LogP contribution in [0.3, 0.4) is 0 Å². The predicted molar refractivity (Wildman–Crippen MR) is 151 cm³/mol. The van der Waals surface area contributed by atoms with Gasteiger partial charge in [-0.25, -0.2) is 0 Å². The Hall–Kier alpha value is -4.28. The van der Waals surface area contributed by atoms with Crippen LogP contribution in [0.25, 0.3) is 10.9 Å². The highest BCUT2D eigenvalue weighted by atomic mass is 19.4. The van der Waals surface area contributed by atoms with E-state index in [4.69, 9.17) is 0 Å². The Morgan fingerprint density at radius 1 is 0.884 bits per heavy atom. The van der Waals surface area contributed by atoms with Crippen molar-refractivity contribution in [1.82, 2.24) is 14.8 Å². The lowest BCUT2D eigenvalue weighted by Crippen LogP contribution is -2.40. The van der Waals surface area contributed by atoms with E-state index in [1.54, 1.807) is 0 Å². The molecular formula is C32H31F6N3O2. The Morgan fingerprint density at radius 3 is 2.07 bits per heavy atom. The van der Waals surface area contributed by atoms with Crippen LogP contribution in [-0.2, 0) is 30.6 Å². The minimum Gasteiger partial charge on any atom is -0.350 e. The number of nitrogens with zero attached hydrogens (tertiary/aromatic N) is 2. The van der Waals surface area contributed by atoms with Crippen molar-refractivity contribution >= 4 is 22.7 Å². The quantitative estimate of drug-likeness (QED) is 0.201. The summed E-state index contributed by atoms with van der Waals surface area (Å²) in [6.45, 7) is 1.82. The normalized spacial score (nSPS) is 13.5. The fraction of sp³-hybridized carbons (Fsp3) is 0.312. The summed E-state index contributed by atoms with van der Waals surface area (Å²) in [6, 6.07) is 16.6. The molecule has 2 unspecified atom stereocenters. The molecule has 0 aliphatic rings. The molecule has 43 heavy (non-hydrogen) atoms. The molecule has 1 aromatic heterocycles. The second-order valence-electron chi connectivity index (χ2n) is 10.6. The Labute approximate surface area is 245 Å². The topological polar surface area (TPSA) is 54.3 Å². The maximum atomic E-state index is 13.5. The first-order valence-electron chi connectivity index (χ1n) is 13.6. The molecule has 0 aliphatic carbocycles. The minimum atomic E-state index is -5.09. The SMILES string of the molecule is CC(NC(=O)CCC(Cc1cn(C)c2ccccc12)N(C)C(=O)c1cc(C(F)(F)F)cc(C(F)(F)F)c1)c1ccccc1. The van der Waals surface area contributed by atoms with Crippen molar-refractivity contribution in [2.75, 3.05) is 7.05 Å². The van der Waals surface area contributed by atoms with E-state index in [0.717, 1.165) is 26.9 Å². The first kappa shape index (κ1) is 31.7. The predicted octanol–water partition coefficient (Wildman–Crippen LogP) is 7.56. The molecule has 0 radical (unpaired) electrons. The number of likely N-dealkylation sites (N-methyl/N-ethyl adjacent to an activating group) is 1. The maximum Gasteiger partial charge on any atom is 0.416 e. The number of aryl methyl sites for hydroxylation is 1. The van der Waals surface area contributed by atoms with Crippen LogP contribution >= 0.6 is 0 Å². The van der Waals surface area contributed by atoms with Crippen LogP contribution in [-0.4, -0.2) is 34.4 Å². The Bertz CT molecular complexity index is 1560. The van der Waals surface area contributed by atoms with E-state index in [0.29, 0.717) is 12.1 Å². The summed E-state index contributed by atoms with van der Waals surface area (Å²) in [7, 11) is 3.17. The summed E-state index contributed by atoms with van der Waals surface area (Å²) in [5, 5.41) is 3.79. The smallest absolute Gasteiger partial charge is 0.350 e. The summed E-state index contributed by atoms with van der Waals surface area (Å²) in [4.78, 5) is 27.5. The van der Waals surface area contributed by atoms with E-state index in [9.17, 15) is 35.9 Å². The van der Waals surface area contributed by atoms with E-state index >= 15 is 0 Å². The summed E-state index contributed by atoms with van der Waals surface area (Å²) >= 11 is 0. The average molecular weight is 604 g/mol. The van der Waals surface area contributed by atoms with Crippen LogP contribution in [0.2, 0.25) is 0 Å². The largest absolute Gasteiger partial charge is 0.416 e. The van der Waals surface area contributed by atoms with Crippen LogP contribution in [0.15, 0.2) is 79.0 Å². The van der Waals surface area contributed by atoms with E-state index in [1.807, 2.05) is 79.3 Å². The van der Waals surface area contributed by atoms with Gasteiger partial charge in [0.25, 0.3) is 5.91 Å². The third-order valence-corrected chi connectivity index (χ3v) is 7.52. The lowest BCUT2D eigenvalue weighted by molar-refractivity contribution is -0.143. The van der Waals surface area contributed by atoms with Gasteiger partial charge in [-0.2, -0.15) is 26.3 Å². The van der Waals surface area contributed by atoms with Gasteiger partial charge in [0.05, 0.1) is 17.2 Å². The third-order valence-electron chi connectivity index (χ3n) is 7.52. The molecule has 0 bridgehead atoms. The van der Waals surface area contributed by atoms with Crippen LogP contribution in [0.1, 0.15) is 58.4 Å². The molecule has 4 aromatic rings. The van der Waals surface area contributed by atoms with Gasteiger partial charge in [0.2, 0.25) is 5.91 Å². The lowest BCUT2D eigenvalue weighted by atomic mass is 9.98. The molecule has 0 spiro atoms. The number of hydrogen-bond donors (Lipinski definition) is 1. The van der Waals surface area contributed by atoms with Gasteiger partial charge in [-0.15, -0.1) is 0 Å². The highest BCUT2D eigenvalue weighted by Crippen LogP contribution is 2.37. The standard InChI is InChI=1S/C32H31F6N3O2/c1-20(21-9-5-4-6-10-21)39-29(42)14-13-26(17-23-19-40(2)28-12-8-7-11-27(23)28)41(3)30(43)22-15-24(31(33,34)35)18-25(16-22)32(36,37)38/h4-12,15-16,18-20,26H,13-14,17H2,1-3H3,(H,39,42). The van der Waals surface area contributed by atoms with Gasteiger partial charge in [0.15, 0.2) is 0 Å². The van der Waals surface area contributed by atoms with Crippen LogP contribution < -0.4 is 5.32 Å². The number of carbonyl (C=O) groups excluding carboxylic acids is 2. The van der Waals surface area contributed by atoms with Crippen LogP contribution in [0.4, 0.5) is 26.3 Å². The number of rotatable bonds is 9.